The third-order valence-corrected chi connectivity index (χ3v) is 4.04. The summed E-state index contributed by atoms with van der Waals surface area (Å²) in [4.78, 5) is 0. The zero-order chi connectivity index (χ0) is 14.9. The van der Waals surface area contributed by atoms with Crippen molar-refractivity contribution in [2.75, 3.05) is 19.8 Å². The number of nitrogens with one attached hydrogen (secondary N) is 1. The molecule has 1 N–H and O–H groups in total. The van der Waals surface area contributed by atoms with E-state index in [1.165, 1.54) is 18.4 Å². The molecule has 118 valence electrons. The first kappa shape index (κ1) is 16.3. The molecule has 2 unspecified atom stereocenters. The van der Waals surface area contributed by atoms with Crippen LogP contribution in [0.1, 0.15) is 57.6 Å². The Morgan fingerprint density at radius 2 is 2.19 bits per heavy atom. The van der Waals surface area contributed by atoms with Crippen molar-refractivity contribution in [3.8, 4) is 5.75 Å². The van der Waals surface area contributed by atoms with E-state index in [0.29, 0.717) is 18.8 Å². The Morgan fingerprint density at radius 3 is 2.90 bits per heavy atom. The van der Waals surface area contributed by atoms with Gasteiger partial charge in [-0.05, 0) is 51.6 Å². The van der Waals surface area contributed by atoms with Gasteiger partial charge in [0.25, 0.3) is 0 Å². The van der Waals surface area contributed by atoms with Crippen LogP contribution in [-0.4, -0.2) is 25.9 Å². The van der Waals surface area contributed by atoms with E-state index in [1.807, 2.05) is 13.0 Å². The standard InChI is InChI=1S/C18H29NO2/c1-3-13-19-17(12-11-15-8-7-14-21-15)16-9-5-6-10-18(16)20-4-2/h5-6,9-10,15,17,19H,3-4,7-8,11-14H2,1-2H3. The third kappa shape index (κ3) is 5.01. The Kier molecular flexibility index (Phi) is 7.04. The van der Waals surface area contributed by atoms with Crippen molar-refractivity contribution in [1.82, 2.24) is 5.32 Å². The minimum Gasteiger partial charge on any atom is -0.494 e. The van der Waals surface area contributed by atoms with Gasteiger partial charge in [-0.2, -0.15) is 0 Å². The quantitative estimate of drug-likeness (QED) is 0.743. The molecular weight excluding hydrogens is 262 g/mol. The van der Waals surface area contributed by atoms with Crippen LogP contribution in [0.5, 0.6) is 5.75 Å². The van der Waals surface area contributed by atoms with E-state index < -0.39 is 0 Å². The van der Waals surface area contributed by atoms with Gasteiger partial charge in [0.05, 0.1) is 12.7 Å². The van der Waals surface area contributed by atoms with E-state index in [9.17, 15) is 0 Å². The lowest BCUT2D eigenvalue weighted by Crippen LogP contribution is -2.24. The monoisotopic (exact) mass is 291 g/mol. The summed E-state index contributed by atoms with van der Waals surface area (Å²) in [5, 5.41) is 3.67. The summed E-state index contributed by atoms with van der Waals surface area (Å²) in [5.74, 6) is 1.01. The van der Waals surface area contributed by atoms with Crippen LogP contribution in [-0.2, 0) is 4.74 Å². The van der Waals surface area contributed by atoms with Gasteiger partial charge in [-0.25, -0.2) is 0 Å². The summed E-state index contributed by atoms with van der Waals surface area (Å²) in [6, 6.07) is 8.77. The summed E-state index contributed by atoms with van der Waals surface area (Å²) >= 11 is 0. The molecule has 0 spiro atoms. The van der Waals surface area contributed by atoms with Crippen LogP contribution in [0.15, 0.2) is 24.3 Å². The van der Waals surface area contributed by atoms with Gasteiger partial charge in [0, 0.05) is 18.2 Å². The van der Waals surface area contributed by atoms with Crippen molar-refractivity contribution in [2.45, 2.75) is 58.1 Å². The summed E-state index contributed by atoms with van der Waals surface area (Å²) < 4.78 is 11.6. The first-order valence-electron chi connectivity index (χ1n) is 8.41. The Hall–Kier alpha value is -1.06. The molecule has 1 aliphatic rings. The minimum atomic E-state index is 0.358. The normalized spacial score (nSPS) is 19.6. The molecule has 1 aliphatic heterocycles. The van der Waals surface area contributed by atoms with Gasteiger partial charge in [0.1, 0.15) is 5.75 Å². The molecule has 2 rings (SSSR count). The first-order valence-corrected chi connectivity index (χ1v) is 8.41. The van der Waals surface area contributed by atoms with Crippen LogP contribution < -0.4 is 10.1 Å². The summed E-state index contributed by atoms with van der Waals surface area (Å²) in [7, 11) is 0. The maximum absolute atomic E-state index is 5.80. The van der Waals surface area contributed by atoms with E-state index in [2.05, 4.69) is 30.4 Å². The predicted octanol–water partition coefficient (Wildman–Crippen LogP) is 4.09. The van der Waals surface area contributed by atoms with Gasteiger partial charge in [0.15, 0.2) is 0 Å². The molecule has 3 heteroatoms. The Balaban J connectivity index is 2.02. The number of rotatable bonds is 9. The summed E-state index contributed by atoms with van der Waals surface area (Å²) in [6.07, 6.45) is 6.26. The molecule has 0 radical (unpaired) electrons. The molecule has 1 fully saturated rings. The lowest BCUT2D eigenvalue weighted by Gasteiger charge is -2.23. The highest BCUT2D eigenvalue weighted by molar-refractivity contribution is 5.36. The molecule has 21 heavy (non-hydrogen) atoms. The Morgan fingerprint density at radius 1 is 1.33 bits per heavy atom. The SMILES string of the molecule is CCCNC(CCC1CCCO1)c1ccccc1OCC. The van der Waals surface area contributed by atoms with E-state index in [0.717, 1.165) is 38.2 Å². The van der Waals surface area contributed by atoms with Gasteiger partial charge in [0.2, 0.25) is 0 Å². The minimum absolute atomic E-state index is 0.358. The second-order valence-corrected chi connectivity index (χ2v) is 5.69. The molecule has 1 aromatic carbocycles. The molecule has 3 nitrogen and oxygen atoms in total. The maximum atomic E-state index is 5.80. The fourth-order valence-electron chi connectivity index (χ4n) is 2.97. The van der Waals surface area contributed by atoms with Crippen molar-refractivity contribution < 1.29 is 9.47 Å². The molecule has 2 atom stereocenters. The van der Waals surface area contributed by atoms with Gasteiger partial charge < -0.3 is 14.8 Å². The highest BCUT2D eigenvalue weighted by Gasteiger charge is 2.20. The van der Waals surface area contributed by atoms with Crippen LogP contribution in [0.4, 0.5) is 0 Å². The molecular formula is C18H29NO2. The van der Waals surface area contributed by atoms with E-state index in [1.54, 1.807) is 0 Å². The molecule has 0 saturated carbocycles. The first-order chi connectivity index (χ1) is 10.3. The molecule has 1 aromatic rings. The fraction of sp³-hybridized carbons (Fsp3) is 0.667. The number of hydrogen-bond donors (Lipinski definition) is 1. The van der Waals surface area contributed by atoms with Crippen LogP contribution >= 0.6 is 0 Å². The number of hydrogen-bond acceptors (Lipinski definition) is 3. The van der Waals surface area contributed by atoms with Gasteiger partial charge in [-0.3, -0.25) is 0 Å². The van der Waals surface area contributed by atoms with Crippen molar-refractivity contribution in [2.24, 2.45) is 0 Å². The van der Waals surface area contributed by atoms with Crippen LogP contribution in [0.2, 0.25) is 0 Å². The van der Waals surface area contributed by atoms with E-state index in [-0.39, 0.29) is 0 Å². The van der Waals surface area contributed by atoms with Gasteiger partial charge >= 0.3 is 0 Å². The lowest BCUT2D eigenvalue weighted by molar-refractivity contribution is 0.0994. The molecule has 0 aromatic heterocycles. The largest absolute Gasteiger partial charge is 0.494 e. The van der Waals surface area contributed by atoms with E-state index >= 15 is 0 Å². The lowest BCUT2D eigenvalue weighted by atomic mass is 9.98. The van der Waals surface area contributed by atoms with Gasteiger partial charge in [-0.15, -0.1) is 0 Å². The summed E-state index contributed by atoms with van der Waals surface area (Å²) in [6.45, 7) is 6.93. The van der Waals surface area contributed by atoms with Gasteiger partial charge in [-0.1, -0.05) is 25.1 Å². The zero-order valence-electron chi connectivity index (χ0n) is 13.4. The average molecular weight is 291 g/mol. The van der Waals surface area contributed by atoms with Crippen molar-refractivity contribution in [1.29, 1.82) is 0 Å². The van der Waals surface area contributed by atoms with Crippen molar-refractivity contribution in [3.63, 3.8) is 0 Å². The zero-order valence-corrected chi connectivity index (χ0v) is 13.4. The number of benzene rings is 1. The molecule has 1 heterocycles. The molecule has 1 saturated heterocycles. The summed E-state index contributed by atoms with van der Waals surface area (Å²) in [5.41, 5.74) is 1.28. The van der Waals surface area contributed by atoms with Crippen molar-refractivity contribution in [3.05, 3.63) is 29.8 Å². The average Bonchev–Trinajstić information content (AvgIpc) is 3.02. The fourth-order valence-corrected chi connectivity index (χ4v) is 2.97. The Bertz CT molecular complexity index is 402. The predicted molar refractivity (Wildman–Crippen MR) is 86.9 cm³/mol. The second-order valence-electron chi connectivity index (χ2n) is 5.69. The maximum Gasteiger partial charge on any atom is 0.124 e. The molecule has 0 amide bonds. The van der Waals surface area contributed by atoms with Crippen LogP contribution in [0.25, 0.3) is 0 Å². The van der Waals surface area contributed by atoms with Crippen LogP contribution in [0, 0.1) is 0 Å². The highest BCUT2D eigenvalue weighted by Crippen LogP contribution is 2.30. The topological polar surface area (TPSA) is 30.5 Å². The van der Waals surface area contributed by atoms with Crippen LogP contribution in [0.3, 0.4) is 0 Å². The van der Waals surface area contributed by atoms with E-state index in [4.69, 9.17) is 9.47 Å². The molecule has 0 aliphatic carbocycles. The van der Waals surface area contributed by atoms with Crippen molar-refractivity contribution >= 4 is 0 Å². The smallest absolute Gasteiger partial charge is 0.124 e. The number of ether oxygens (including phenoxy) is 2. The highest BCUT2D eigenvalue weighted by atomic mass is 16.5. The number of para-hydroxylation sites is 1. The molecule has 0 bridgehead atoms. The Labute approximate surface area is 129 Å². The second kappa shape index (κ2) is 9.06. The third-order valence-electron chi connectivity index (χ3n) is 4.04.